The van der Waals surface area contributed by atoms with E-state index in [1.54, 1.807) is 0 Å². The Morgan fingerprint density at radius 3 is 2.25 bits per heavy atom. The molecule has 0 fully saturated rings. The van der Waals surface area contributed by atoms with Crippen LogP contribution in [0.15, 0.2) is 36.4 Å². The Labute approximate surface area is 140 Å². The molecule has 24 heavy (non-hydrogen) atoms. The number of carboxylic acids is 1. The van der Waals surface area contributed by atoms with Crippen LogP contribution < -0.4 is 0 Å². The topological polar surface area (TPSA) is 54.4 Å². The van der Waals surface area contributed by atoms with Gasteiger partial charge in [-0.2, -0.15) is 0 Å². The highest BCUT2D eigenvalue weighted by atomic mass is 35.5. The van der Waals surface area contributed by atoms with Gasteiger partial charge >= 0.3 is 5.97 Å². The molecule has 2 aromatic rings. The van der Waals surface area contributed by atoms with Crippen molar-refractivity contribution in [3.63, 3.8) is 0 Å². The summed E-state index contributed by atoms with van der Waals surface area (Å²) >= 11 is 5.83. The molecule has 1 N–H and O–H groups in total. The molecule has 7 heteroatoms. The van der Waals surface area contributed by atoms with Crippen molar-refractivity contribution < 1.29 is 27.9 Å². The smallest absolute Gasteiger partial charge is 0.303 e. The molecule has 0 spiro atoms. The van der Waals surface area contributed by atoms with Crippen molar-refractivity contribution in [1.82, 2.24) is 0 Å². The summed E-state index contributed by atoms with van der Waals surface area (Å²) in [6, 6.07) is 6.04. The standard InChI is InChI=1S/C17H12ClF3O3/c18-16-13(7-11(20)8-14(16)21)12(5-6-15(22)23)17(24)9-1-3-10(19)4-2-9/h1-4,7-8,12H,5-6H2,(H,22,23). The lowest BCUT2D eigenvalue weighted by molar-refractivity contribution is -0.137. The first-order valence-electron chi connectivity index (χ1n) is 6.95. The van der Waals surface area contributed by atoms with Gasteiger partial charge in [-0.15, -0.1) is 0 Å². The number of hydrogen-bond donors (Lipinski definition) is 1. The van der Waals surface area contributed by atoms with E-state index in [1.165, 1.54) is 12.1 Å². The van der Waals surface area contributed by atoms with E-state index < -0.39 is 46.6 Å². The van der Waals surface area contributed by atoms with Crippen molar-refractivity contribution in [2.75, 3.05) is 0 Å². The predicted molar refractivity (Wildman–Crippen MR) is 81.7 cm³/mol. The van der Waals surface area contributed by atoms with Gasteiger partial charge in [-0.25, -0.2) is 13.2 Å². The Morgan fingerprint density at radius 1 is 1.04 bits per heavy atom. The van der Waals surface area contributed by atoms with Gasteiger partial charge in [-0.05, 0) is 42.3 Å². The molecule has 0 saturated carbocycles. The van der Waals surface area contributed by atoms with Crippen LogP contribution in [-0.2, 0) is 4.79 Å². The minimum atomic E-state index is -1.17. The number of benzene rings is 2. The summed E-state index contributed by atoms with van der Waals surface area (Å²) in [6.45, 7) is 0. The number of ketones is 1. The molecule has 0 bridgehead atoms. The van der Waals surface area contributed by atoms with Gasteiger partial charge in [-0.3, -0.25) is 9.59 Å². The summed E-state index contributed by atoms with van der Waals surface area (Å²) in [4.78, 5) is 23.4. The lowest BCUT2D eigenvalue weighted by Gasteiger charge is -2.17. The van der Waals surface area contributed by atoms with Crippen molar-refractivity contribution in [3.05, 3.63) is 70.0 Å². The monoisotopic (exact) mass is 356 g/mol. The molecule has 2 aromatic carbocycles. The van der Waals surface area contributed by atoms with Crippen LogP contribution in [0.5, 0.6) is 0 Å². The Bertz CT molecular complexity index is 775. The maximum atomic E-state index is 13.7. The summed E-state index contributed by atoms with van der Waals surface area (Å²) < 4.78 is 40.2. The minimum absolute atomic E-state index is 0.0903. The second-order valence-corrected chi connectivity index (χ2v) is 5.52. The van der Waals surface area contributed by atoms with Crippen molar-refractivity contribution in [3.8, 4) is 0 Å². The minimum Gasteiger partial charge on any atom is -0.481 e. The van der Waals surface area contributed by atoms with E-state index in [-0.39, 0.29) is 17.5 Å². The maximum Gasteiger partial charge on any atom is 0.303 e. The molecule has 0 amide bonds. The van der Waals surface area contributed by atoms with Crippen LogP contribution in [0.3, 0.4) is 0 Å². The molecule has 0 heterocycles. The molecular weight excluding hydrogens is 345 g/mol. The number of rotatable bonds is 6. The van der Waals surface area contributed by atoms with Gasteiger partial charge in [0.1, 0.15) is 17.5 Å². The van der Waals surface area contributed by atoms with E-state index in [9.17, 15) is 22.8 Å². The highest BCUT2D eigenvalue weighted by molar-refractivity contribution is 6.32. The second-order valence-electron chi connectivity index (χ2n) is 5.15. The van der Waals surface area contributed by atoms with Gasteiger partial charge in [0, 0.05) is 24.0 Å². The number of carbonyl (C=O) groups excluding carboxylic acids is 1. The van der Waals surface area contributed by atoms with Crippen molar-refractivity contribution >= 4 is 23.4 Å². The molecule has 0 saturated heterocycles. The van der Waals surface area contributed by atoms with Gasteiger partial charge in [0.05, 0.1) is 5.02 Å². The Kier molecular flexibility index (Phi) is 5.62. The normalized spacial score (nSPS) is 12.0. The SMILES string of the molecule is O=C(O)CCC(C(=O)c1ccc(F)cc1)c1cc(F)cc(F)c1Cl. The van der Waals surface area contributed by atoms with Crippen LogP contribution in [0.25, 0.3) is 0 Å². The first-order valence-corrected chi connectivity index (χ1v) is 7.33. The highest BCUT2D eigenvalue weighted by Gasteiger charge is 2.27. The second kappa shape index (κ2) is 7.49. The van der Waals surface area contributed by atoms with Gasteiger partial charge in [0.15, 0.2) is 5.78 Å². The molecule has 0 radical (unpaired) electrons. The quantitative estimate of drug-likeness (QED) is 0.608. The molecule has 1 unspecified atom stereocenters. The average Bonchev–Trinajstić information content (AvgIpc) is 2.52. The van der Waals surface area contributed by atoms with Crippen LogP contribution in [0.4, 0.5) is 13.2 Å². The van der Waals surface area contributed by atoms with E-state index in [0.717, 1.165) is 18.2 Å². The van der Waals surface area contributed by atoms with Gasteiger partial charge in [-0.1, -0.05) is 11.6 Å². The third-order valence-electron chi connectivity index (χ3n) is 3.49. The van der Waals surface area contributed by atoms with Gasteiger partial charge in [0.25, 0.3) is 0 Å². The van der Waals surface area contributed by atoms with Crippen LogP contribution >= 0.6 is 11.6 Å². The fourth-order valence-electron chi connectivity index (χ4n) is 2.34. The summed E-state index contributed by atoms with van der Waals surface area (Å²) in [5.74, 6) is -5.45. The Morgan fingerprint density at radius 2 is 1.67 bits per heavy atom. The lowest BCUT2D eigenvalue weighted by Crippen LogP contribution is -2.16. The number of halogens is 4. The third kappa shape index (κ3) is 4.14. The molecule has 0 aliphatic carbocycles. The summed E-state index contributed by atoms with van der Waals surface area (Å²) in [6.07, 6.45) is -0.597. The van der Waals surface area contributed by atoms with E-state index in [4.69, 9.17) is 16.7 Å². The van der Waals surface area contributed by atoms with Crippen molar-refractivity contribution in [2.24, 2.45) is 0 Å². The molecule has 1 atom stereocenters. The van der Waals surface area contributed by atoms with E-state index >= 15 is 0 Å². The van der Waals surface area contributed by atoms with E-state index in [1.807, 2.05) is 0 Å². The zero-order chi connectivity index (χ0) is 17.9. The predicted octanol–water partition coefficient (Wildman–Crippen LogP) is 4.59. The molecule has 2 rings (SSSR count). The molecule has 0 aromatic heterocycles. The van der Waals surface area contributed by atoms with Gasteiger partial charge in [0.2, 0.25) is 0 Å². The molecule has 0 aliphatic rings. The largest absolute Gasteiger partial charge is 0.481 e. The van der Waals surface area contributed by atoms with Crippen molar-refractivity contribution in [2.45, 2.75) is 18.8 Å². The number of carbonyl (C=O) groups is 2. The molecule has 3 nitrogen and oxygen atoms in total. The number of carboxylic acid groups (broad SMARTS) is 1. The number of aliphatic carboxylic acids is 1. The third-order valence-corrected chi connectivity index (χ3v) is 3.89. The van der Waals surface area contributed by atoms with Crippen LogP contribution in [-0.4, -0.2) is 16.9 Å². The van der Waals surface area contributed by atoms with Gasteiger partial charge < -0.3 is 5.11 Å². The Balaban J connectivity index is 2.46. The lowest BCUT2D eigenvalue weighted by atomic mass is 9.86. The van der Waals surface area contributed by atoms with Crippen molar-refractivity contribution in [1.29, 1.82) is 0 Å². The fourth-order valence-corrected chi connectivity index (χ4v) is 2.58. The average molecular weight is 357 g/mol. The van der Waals surface area contributed by atoms with Crippen LogP contribution in [0.2, 0.25) is 5.02 Å². The zero-order valence-electron chi connectivity index (χ0n) is 12.2. The maximum absolute atomic E-state index is 13.7. The van der Waals surface area contributed by atoms with Crippen LogP contribution in [0, 0.1) is 17.5 Å². The first kappa shape index (κ1) is 18.0. The number of hydrogen-bond acceptors (Lipinski definition) is 2. The Hall–Kier alpha value is -2.34. The first-order chi connectivity index (χ1) is 11.3. The molecular formula is C17H12ClF3O3. The summed E-state index contributed by atoms with van der Waals surface area (Å²) in [5.41, 5.74) is -0.0442. The zero-order valence-corrected chi connectivity index (χ0v) is 13.0. The number of Topliss-reactive ketones (excluding diaryl/α,β-unsaturated/α-hetero) is 1. The summed E-state index contributed by atoms with van der Waals surface area (Å²) in [7, 11) is 0. The fraction of sp³-hybridized carbons (Fsp3) is 0.176. The molecule has 0 aliphatic heterocycles. The highest BCUT2D eigenvalue weighted by Crippen LogP contribution is 2.33. The van der Waals surface area contributed by atoms with E-state index in [2.05, 4.69) is 0 Å². The van der Waals surface area contributed by atoms with E-state index in [0.29, 0.717) is 6.07 Å². The molecule has 126 valence electrons. The summed E-state index contributed by atoms with van der Waals surface area (Å²) in [5, 5.41) is 8.39. The van der Waals surface area contributed by atoms with Crippen LogP contribution in [0.1, 0.15) is 34.7 Å².